The van der Waals surface area contributed by atoms with Crippen molar-refractivity contribution in [3.8, 4) is 0 Å². The molecule has 2 heterocycles. The van der Waals surface area contributed by atoms with Crippen molar-refractivity contribution >= 4 is 30.1 Å². The second-order valence-electron chi connectivity index (χ2n) is 3.49. The molecule has 0 aliphatic rings. The molecule has 5 nitrogen and oxygen atoms in total. The van der Waals surface area contributed by atoms with E-state index in [4.69, 9.17) is 14.4 Å². The molecule has 0 fully saturated rings. The lowest BCUT2D eigenvalue weighted by molar-refractivity contribution is 0.405. The normalized spacial score (nSPS) is 10.4. The highest BCUT2D eigenvalue weighted by Gasteiger charge is 1.99. The highest BCUT2D eigenvalue weighted by atomic mass is 31.1. The van der Waals surface area contributed by atoms with E-state index in [1.165, 1.54) is 0 Å². The minimum absolute atomic E-state index is 0.999. The van der Waals surface area contributed by atoms with Crippen molar-refractivity contribution in [2.45, 2.75) is 0 Å². The number of rotatable bonds is 0. The fourth-order valence-corrected chi connectivity index (χ4v) is 1.70. The minimum Gasteiger partial charge on any atom is -0.326 e. The topological polar surface area (TPSA) is 83.3 Å². The molecule has 0 radical (unpaired) electrons. The summed E-state index contributed by atoms with van der Waals surface area (Å²) in [5, 5.41) is 2.28. The zero-order valence-corrected chi connectivity index (χ0v) is 10.3. The van der Waals surface area contributed by atoms with Crippen LogP contribution in [-0.2, 0) is 4.57 Å². The SMILES string of the molecule is O=[PH](O)O.c1cnc2c(c1)ccc1ncccc12. The van der Waals surface area contributed by atoms with Crippen LogP contribution in [0.15, 0.2) is 48.8 Å². The fourth-order valence-electron chi connectivity index (χ4n) is 1.70. The van der Waals surface area contributed by atoms with Crippen LogP contribution >= 0.6 is 8.25 Å². The molecule has 3 rings (SSSR count). The summed E-state index contributed by atoms with van der Waals surface area (Å²) < 4.78 is 8.74. The molecule has 0 unspecified atom stereocenters. The summed E-state index contributed by atoms with van der Waals surface area (Å²) in [6.45, 7) is 0. The highest BCUT2D eigenvalue weighted by Crippen LogP contribution is 2.20. The maximum atomic E-state index is 8.74. The number of benzene rings is 1. The van der Waals surface area contributed by atoms with Crippen molar-refractivity contribution in [3.05, 3.63) is 48.8 Å². The van der Waals surface area contributed by atoms with Crippen LogP contribution in [0.1, 0.15) is 0 Å². The predicted molar refractivity (Wildman–Crippen MR) is 70.5 cm³/mol. The molecule has 6 heteroatoms. The summed E-state index contributed by atoms with van der Waals surface area (Å²) >= 11 is 0. The molecule has 3 aromatic rings. The van der Waals surface area contributed by atoms with Crippen LogP contribution in [0.5, 0.6) is 0 Å². The lowest BCUT2D eigenvalue weighted by atomic mass is 10.1. The van der Waals surface area contributed by atoms with Gasteiger partial charge in [0.05, 0.1) is 11.0 Å². The smallest absolute Gasteiger partial charge is 0.314 e. The first-order valence-electron chi connectivity index (χ1n) is 5.19. The average Bonchev–Trinajstić information content (AvgIpc) is 2.38. The van der Waals surface area contributed by atoms with E-state index in [0.717, 1.165) is 21.8 Å². The van der Waals surface area contributed by atoms with Gasteiger partial charge in [-0.25, -0.2) is 0 Å². The van der Waals surface area contributed by atoms with E-state index in [-0.39, 0.29) is 0 Å². The molecule has 0 saturated heterocycles. The van der Waals surface area contributed by atoms with E-state index in [0.29, 0.717) is 0 Å². The monoisotopic (exact) mass is 262 g/mol. The van der Waals surface area contributed by atoms with E-state index in [1.54, 1.807) is 6.20 Å². The first-order chi connectivity index (χ1) is 8.68. The molecule has 0 bridgehead atoms. The Bertz CT molecular complexity index is 644. The lowest BCUT2D eigenvalue weighted by Crippen LogP contribution is -1.82. The number of pyridine rings is 2. The maximum absolute atomic E-state index is 8.74. The van der Waals surface area contributed by atoms with Crippen LogP contribution in [0.3, 0.4) is 0 Å². The molecule has 0 spiro atoms. The van der Waals surface area contributed by atoms with E-state index >= 15 is 0 Å². The quantitative estimate of drug-likeness (QED) is 0.479. The van der Waals surface area contributed by atoms with Gasteiger partial charge in [-0.15, -0.1) is 0 Å². The summed E-state index contributed by atoms with van der Waals surface area (Å²) in [7, 11) is -3.13. The Kier molecular flexibility index (Phi) is 3.99. The fraction of sp³-hybridized carbons (Fsp3) is 0. The van der Waals surface area contributed by atoms with Gasteiger partial charge in [-0.05, 0) is 24.3 Å². The van der Waals surface area contributed by atoms with Crippen LogP contribution in [0.2, 0.25) is 0 Å². The van der Waals surface area contributed by atoms with E-state index < -0.39 is 8.25 Å². The molecule has 0 amide bonds. The third-order valence-electron chi connectivity index (χ3n) is 2.35. The summed E-state index contributed by atoms with van der Waals surface area (Å²) in [6, 6.07) is 12.1. The van der Waals surface area contributed by atoms with Gasteiger partial charge in [0.2, 0.25) is 0 Å². The zero-order valence-electron chi connectivity index (χ0n) is 9.32. The van der Waals surface area contributed by atoms with Crippen molar-refractivity contribution < 1.29 is 14.4 Å². The number of aromatic nitrogens is 2. The van der Waals surface area contributed by atoms with Gasteiger partial charge in [-0.3, -0.25) is 14.5 Å². The van der Waals surface area contributed by atoms with Crippen LogP contribution < -0.4 is 0 Å². The predicted octanol–water partition coefficient (Wildman–Crippen LogP) is 2.14. The Morgan fingerprint density at radius 2 is 1.61 bits per heavy atom. The van der Waals surface area contributed by atoms with Gasteiger partial charge in [0, 0.05) is 23.2 Å². The van der Waals surface area contributed by atoms with Gasteiger partial charge in [0.15, 0.2) is 0 Å². The second-order valence-corrected chi connectivity index (χ2v) is 4.06. The first-order valence-corrected chi connectivity index (χ1v) is 6.49. The van der Waals surface area contributed by atoms with Crippen LogP contribution in [0.25, 0.3) is 21.8 Å². The number of hydrogen-bond donors (Lipinski definition) is 2. The molecule has 0 atom stereocenters. The molecule has 0 saturated carbocycles. The summed E-state index contributed by atoms with van der Waals surface area (Å²) in [5.74, 6) is 0. The van der Waals surface area contributed by atoms with E-state index in [2.05, 4.69) is 28.2 Å². The van der Waals surface area contributed by atoms with Crippen molar-refractivity contribution in [2.24, 2.45) is 0 Å². The number of fused-ring (bicyclic) bond motifs is 3. The molecular weight excluding hydrogens is 251 g/mol. The molecule has 1 aromatic carbocycles. The maximum Gasteiger partial charge on any atom is 0.314 e. The molecular formula is C12H11N2O3P. The van der Waals surface area contributed by atoms with Gasteiger partial charge in [-0.1, -0.05) is 12.1 Å². The largest absolute Gasteiger partial charge is 0.326 e. The van der Waals surface area contributed by atoms with Gasteiger partial charge in [0.1, 0.15) is 0 Å². The van der Waals surface area contributed by atoms with Crippen molar-refractivity contribution in [1.29, 1.82) is 0 Å². The Labute approximate surface area is 104 Å². The van der Waals surface area contributed by atoms with Crippen LogP contribution in [0.4, 0.5) is 0 Å². The molecule has 18 heavy (non-hydrogen) atoms. The molecule has 2 N–H and O–H groups in total. The molecule has 0 aliphatic heterocycles. The molecule has 0 aliphatic carbocycles. The number of hydrogen-bond acceptors (Lipinski definition) is 3. The third kappa shape index (κ3) is 2.90. The molecule has 2 aromatic heterocycles. The van der Waals surface area contributed by atoms with Gasteiger partial charge in [0.25, 0.3) is 0 Å². The lowest BCUT2D eigenvalue weighted by Gasteiger charge is -2.00. The van der Waals surface area contributed by atoms with E-state index in [1.807, 2.05) is 24.4 Å². The Morgan fingerprint density at radius 3 is 2.39 bits per heavy atom. The number of nitrogens with zero attached hydrogens (tertiary/aromatic N) is 2. The van der Waals surface area contributed by atoms with Crippen LogP contribution in [-0.4, -0.2) is 19.8 Å². The Hall–Kier alpha value is -1.81. The standard InChI is InChI=1S/C12H8N2.H3O3P/c1-3-9-5-6-11-10(4-2-7-13-11)12(9)14-8-1;1-4(2)3/h1-8H;4H,(H2,1,2,3). The third-order valence-corrected chi connectivity index (χ3v) is 2.35. The van der Waals surface area contributed by atoms with Gasteiger partial charge in [-0.2, -0.15) is 0 Å². The summed E-state index contributed by atoms with van der Waals surface area (Å²) in [4.78, 5) is 23.0. The second kappa shape index (κ2) is 5.69. The van der Waals surface area contributed by atoms with Crippen molar-refractivity contribution in [3.63, 3.8) is 0 Å². The Morgan fingerprint density at radius 1 is 0.944 bits per heavy atom. The van der Waals surface area contributed by atoms with Gasteiger partial charge < -0.3 is 9.79 Å². The average molecular weight is 262 g/mol. The first kappa shape index (κ1) is 12.6. The van der Waals surface area contributed by atoms with Crippen molar-refractivity contribution in [1.82, 2.24) is 9.97 Å². The molecule has 92 valence electrons. The Balaban J connectivity index is 0.000000267. The highest BCUT2D eigenvalue weighted by molar-refractivity contribution is 7.30. The van der Waals surface area contributed by atoms with Gasteiger partial charge >= 0.3 is 8.25 Å². The van der Waals surface area contributed by atoms with Crippen molar-refractivity contribution in [2.75, 3.05) is 0 Å². The zero-order chi connectivity index (χ0) is 13.0. The van der Waals surface area contributed by atoms with Crippen LogP contribution in [0, 0.1) is 0 Å². The minimum atomic E-state index is -3.13. The van der Waals surface area contributed by atoms with E-state index in [9.17, 15) is 0 Å². The summed E-state index contributed by atoms with van der Waals surface area (Å²) in [6.07, 6.45) is 3.62. The summed E-state index contributed by atoms with van der Waals surface area (Å²) in [5.41, 5.74) is 2.02.